The van der Waals surface area contributed by atoms with Gasteiger partial charge < -0.3 is 15.5 Å². The molecule has 0 aliphatic carbocycles. The van der Waals surface area contributed by atoms with Crippen LogP contribution in [0.25, 0.3) is 0 Å². The Hall–Kier alpha value is -0.740. The van der Waals surface area contributed by atoms with Gasteiger partial charge in [0.1, 0.15) is 11.6 Å². The van der Waals surface area contributed by atoms with Gasteiger partial charge in [-0.05, 0) is 17.7 Å². The second kappa shape index (κ2) is 3.55. The Kier molecular flexibility index (Phi) is 2.83. The van der Waals surface area contributed by atoms with Gasteiger partial charge in [0.15, 0.2) is 0 Å². The minimum atomic E-state index is -4.34. The largest absolute Gasteiger partial charge is 0.346 e. The molecule has 4 N–H and O–H groups in total. The molecule has 1 unspecified atom stereocenters. The van der Waals surface area contributed by atoms with Gasteiger partial charge in [0.25, 0.3) is 0 Å². The van der Waals surface area contributed by atoms with Gasteiger partial charge in [-0.1, -0.05) is 12.1 Å². The number of benzene rings is 1. The molecule has 0 aliphatic heterocycles. The van der Waals surface area contributed by atoms with Gasteiger partial charge in [0.05, 0.1) is 0 Å². The van der Waals surface area contributed by atoms with E-state index in [1.807, 2.05) is 0 Å². The Bertz CT molecular complexity index is 334. The fourth-order valence-corrected chi connectivity index (χ4v) is 1.41. The van der Waals surface area contributed by atoms with Crippen LogP contribution in [0.5, 0.6) is 0 Å². The minimum Gasteiger partial charge on any atom is -0.323 e. The third-order valence-corrected chi connectivity index (χ3v) is 2.60. The second-order valence-electron chi connectivity index (χ2n) is 2.59. The molecule has 6 heteroatoms. The molecule has 4 nitrogen and oxygen atoms in total. The van der Waals surface area contributed by atoms with Crippen molar-refractivity contribution in [2.75, 3.05) is 0 Å². The van der Waals surface area contributed by atoms with E-state index in [1.165, 1.54) is 12.1 Å². The van der Waals surface area contributed by atoms with Gasteiger partial charge in [-0.25, -0.2) is 4.39 Å². The molecule has 0 spiro atoms. The fourth-order valence-electron chi connectivity index (χ4n) is 0.854. The lowest BCUT2D eigenvalue weighted by molar-refractivity contribution is 0.359. The van der Waals surface area contributed by atoms with E-state index in [-0.39, 0.29) is 5.56 Å². The summed E-state index contributed by atoms with van der Waals surface area (Å²) in [5.74, 6) is -1.85. The van der Waals surface area contributed by atoms with Gasteiger partial charge in [-0.3, -0.25) is 4.57 Å². The third kappa shape index (κ3) is 2.60. The van der Waals surface area contributed by atoms with Crippen LogP contribution in [0.4, 0.5) is 4.39 Å². The van der Waals surface area contributed by atoms with Crippen LogP contribution in [0.3, 0.4) is 0 Å². The molecule has 0 saturated heterocycles. The number of halogens is 1. The van der Waals surface area contributed by atoms with Crippen LogP contribution in [-0.2, 0) is 4.57 Å². The van der Waals surface area contributed by atoms with E-state index in [0.717, 1.165) is 12.1 Å². The highest BCUT2D eigenvalue weighted by Crippen LogP contribution is 2.47. The predicted octanol–water partition coefficient (Wildman–Crippen LogP) is 0.961. The zero-order chi connectivity index (χ0) is 10.1. The molecule has 1 rings (SSSR count). The third-order valence-electron chi connectivity index (χ3n) is 1.57. The van der Waals surface area contributed by atoms with E-state index in [0.29, 0.717) is 0 Å². The predicted molar refractivity (Wildman–Crippen MR) is 45.4 cm³/mol. The van der Waals surface area contributed by atoms with E-state index in [9.17, 15) is 8.96 Å². The molecule has 1 atom stereocenters. The molecule has 0 radical (unpaired) electrons. The molecule has 0 fully saturated rings. The van der Waals surface area contributed by atoms with Crippen molar-refractivity contribution in [3.63, 3.8) is 0 Å². The molecule has 0 heterocycles. The normalized spacial score (nSPS) is 14.2. The van der Waals surface area contributed by atoms with Crippen molar-refractivity contribution in [3.05, 3.63) is 35.6 Å². The summed E-state index contributed by atoms with van der Waals surface area (Å²) in [4.78, 5) is 17.4. The van der Waals surface area contributed by atoms with Crippen molar-refractivity contribution in [1.82, 2.24) is 0 Å². The Morgan fingerprint density at radius 1 is 1.31 bits per heavy atom. The first-order valence-electron chi connectivity index (χ1n) is 3.47. The smallest absolute Gasteiger partial charge is 0.323 e. The molecule has 72 valence electrons. The maximum atomic E-state index is 12.4. The molecule has 13 heavy (non-hydrogen) atoms. The molecule has 1 aromatic carbocycles. The van der Waals surface area contributed by atoms with E-state index in [4.69, 9.17) is 15.5 Å². The Morgan fingerprint density at radius 2 is 1.77 bits per heavy atom. The van der Waals surface area contributed by atoms with Gasteiger partial charge in [-0.15, -0.1) is 0 Å². The topological polar surface area (TPSA) is 83.6 Å². The molecule has 0 amide bonds. The molecule has 0 bridgehead atoms. The number of nitrogens with two attached hydrogens (primary N) is 1. The number of rotatable bonds is 2. The van der Waals surface area contributed by atoms with Crippen LogP contribution in [0.15, 0.2) is 24.3 Å². The first kappa shape index (κ1) is 10.3. The quantitative estimate of drug-likeness (QED) is 0.628. The molecule has 0 aliphatic rings. The van der Waals surface area contributed by atoms with Crippen molar-refractivity contribution < 1.29 is 18.7 Å². The molecular weight excluding hydrogens is 196 g/mol. The van der Waals surface area contributed by atoms with Crippen molar-refractivity contribution >= 4 is 7.60 Å². The van der Waals surface area contributed by atoms with Gasteiger partial charge >= 0.3 is 7.60 Å². The molecule has 0 saturated carbocycles. The summed E-state index contributed by atoms with van der Waals surface area (Å²) in [5, 5.41) is 0. The molecule has 0 aromatic heterocycles. The minimum absolute atomic E-state index is 0.217. The molecule has 1 aromatic rings. The maximum absolute atomic E-state index is 12.4. The van der Waals surface area contributed by atoms with Gasteiger partial charge in [0, 0.05) is 0 Å². The monoisotopic (exact) mass is 205 g/mol. The first-order valence-corrected chi connectivity index (χ1v) is 5.15. The lowest BCUT2D eigenvalue weighted by atomic mass is 10.2. The first-order chi connectivity index (χ1) is 5.91. The van der Waals surface area contributed by atoms with Crippen molar-refractivity contribution in [2.45, 2.75) is 5.78 Å². The second-order valence-corrected chi connectivity index (χ2v) is 4.32. The van der Waals surface area contributed by atoms with Crippen LogP contribution in [0, 0.1) is 5.82 Å². The summed E-state index contributed by atoms with van der Waals surface area (Å²) in [6.45, 7) is 0. The highest BCUT2D eigenvalue weighted by molar-refractivity contribution is 7.52. The standard InChI is InChI=1S/C7H9FNO3P/c8-6-3-1-5(2-4-6)7(9)13(10,11)12/h1-4,7H,9H2,(H2,10,11,12). The zero-order valence-corrected chi connectivity index (χ0v) is 7.49. The van der Waals surface area contributed by atoms with E-state index < -0.39 is 19.2 Å². The van der Waals surface area contributed by atoms with Crippen LogP contribution in [0.1, 0.15) is 11.3 Å². The summed E-state index contributed by atoms with van der Waals surface area (Å²) in [5.41, 5.74) is 5.45. The highest BCUT2D eigenvalue weighted by atomic mass is 31.2. The zero-order valence-electron chi connectivity index (χ0n) is 6.59. The maximum Gasteiger partial charge on any atom is 0.346 e. The van der Waals surface area contributed by atoms with Crippen LogP contribution in [-0.4, -0.2) is 9.79 Å². The number of hydrogen-bond acceptors (Lipinski definition) is 2. The summed E-state index contributed by atoms with van der Waals surface area (Å²) < 4.78 is 23.1. The average molecular weight is 205 g/mol. The number of hydrogen-bond donors (Lipinski definition) is 3. The summed E-state index contributed by atoms with van der Waals surface area (Å²) in [6, 6.07) is 4.70. The van der Waals surface area contributed by atoms with Crippen LogP contribution < -0.4 is 5.73 Å². The van der Waals surface area contributed by atoms with Crippen molar-refractivity contribution in [3.8, 4) is 0 Å². The summed E-state index contributed by atoms with van der Waals surface area (Å²) in [6.07, 6.45) is 0. The van der Waals surface area contributed by atoms with E-state index in [2.05, 4.69) is 0 Å². The molecular formula is C7H9FNO3P. The van der Waals surface area contributed by atoms with Crippen LogP contribution >= 0.6 is 7.60 Å². The Balaban J connectivity index is 2.97. The highest BCUT2D eigenvalue weighted by Gasteiger charge is 2.25. The van der Waals surface area contributed by atoms with E-state index in [1.54, 1.807) is 0 Å². The lowest BCUT2D eigenvalue weighted by Crippen LogP contribution is -2.10. The fraction of sp³-hybridized carbons (Fsp3) is 0.143. The van der Waals surface area contributed by atoms with Gasteiger partial charge in [0.2, 0.25) is 0 Å². The van der Waals surface area contributed by atoms with Gasteiger partial charge in [-0.2, -0.15) is 0 Å². The van der Waals surface area contributed by atoms with Crippen LogP contribution in [0.2, 0.25) is 0 Å². The SMILES string of the molecule is NC(c1ccc(F)cc1)P(=O)(O)O. The summed E-state index contributed by atoms with van der Waals surface area (Å²) in [7, 11) is -4.34. The van der Waals surface area contributed by atoms with Crippen molar-refractivity contribution in [1.29, 1.82) is 0 Å². The average Bonchev–Trinajstić information content (AvgIpc) is 2.03. The lowest BCUT2D eigenvalue weighted by Gasteiger charge is -2.12. The van der Waals surface area contributed by atoms with Crippen molar-refractivity contribution in [2.24, 2.45) is 5.73 Å². The van der Waals surface area contributed by atoms with E-state index >= 15 is 0 Å². The Morgan fingerprint density at radius 3 is 2.15 bits per heavy atom. The Labute approximate surface area is 74.4 Å². The summed E-state index contributed by atoms with van der Waals surface area (Å²) >= 11 is 0.